The third-order valence-electron chi connectivity index (χ3n) is 3.46. The molecule has 0 spiro atoms. The lowest BCUT2D eigenvalue weighted by molar-refractivity contribution is 0.290. The van der Waals surface area contributed by atoms with Gasteiger partial charge in [-0.2, -0.15) is 0 Å². The van der Waals surface area contributed by atoms with Gasteiger partial charge in [0.1, 0.15) is 5.82 Å². The number of hydrogen-bond acceptors (Lipinski definition) is 1. The van der Waals surface area contributed by atoms with Gasteiger partial charge in [0, 0.05) is 11.0 Å². The Hall–Kier alpha value is -0.410. The van der Waals surface area contributed by atoms with Gasteiger partial charge in [-0.15, -0.1) is 0 Å². The topological polar surface area (TPSA) is 12.0 Å². The summed E-state index contributed by atoms with van der Waals surface area (Å²) in [5.41, 5.74) is 1.23. The number of nitrogens with one attached hydrogen (secondary N) is 1. The Morgan fingerprint density at radius 2 is 2.06 bits per heavy atom. The first-order chi connectivity index (χ1) is 8.50. The van der Waals surface area contributed by atoms with E-state index >= 15 is 0 Å². The van der Waals surface area contributed by atoms with E-state index < -0.39 is 0 Å². The molecule has 0 aliphatic heterocycles. The molecule has 0 bridgehead atoms. The highest BCUT2D eigenvalue weighted by molar-refractivity contribution is 9.10. The minimum absolute atomic E-state index is 0.159. The van der Waals surface area contributed by atoms with Crippen LogP contribution in [0.25, 0.3) is 0 Å². The lowest BCUT2D eigenvalue weighted by atomic mass is 9.81. The maximum absolute atomic E-state index is 13.3. The van der Waals surface area contributed by atoms with Gasteiger partial charge in [0.15, 0.2) is 0 Å². The van der Waals surface area contributed by atoms with E-state index in [0.717, 1.165) is 42.4 Å². The molecule has 0 aromatic heterocycles. The summed E-state index contributed by atoms with van der Waals surface area (Å²) in [4.78, 5) is 0. The van der Waals surface area contributed by atoms with E-state index in [1.807, 2.05) is 0 Å². The quantitative estimate of drug-likeness (QED) is 0.728. The number of benzene rings is 1. The van der Waals surface area contributed by atoms with Crippen molar-refractivity contribution in [3.63, 3.8) is 0 Å². The molecule has 1 rings (SSSR count). The predicted octanol–water partition coefficient (Wildman–Crippen LogP) is 4.55. The largest absolute Gasteiger partial charge is 0.316 e. The third kappa shape index (κ3) is 4.69. The summed E-state index contributed by atoms with van der Waals surface area (Å²) in [6.45, 7) is 8.63. The molecule has 3 heteroatoms. The van der Waals surface area contributed by atoms with Gasteiger partial charge >= 0.3 is 0 Å². The van der Waals surface area contributed by atoms with Crippen molar-refractivity contribution >= 4 is 15.9 Å². The van der Waals surface area contributed by atoms with Crippen LogP contribution in [0, 0.1) is 11.2 Å². The minimum atomic E-state index is -0.159. The molecule has 1 atom stereocenters. The summed E-state index contributed by atoms with van der Waals surface area (Å²) in [7, 11) is 0. The normalized spacial score (nSPS) is 14.5. The highest BCUT2D eigenvalue weighted by Gasteiger charge is 2.23. The Bertz CT molecular complexity index is 381. The molecular weight excluding hydrogens is 293 g/mol. The van der Waals surface area contributed by atoms with E-state index in [2.05, 4.69) is 42.0 Å². The molecule has 1 aromatic carbocycles. The summed E-state index contributed by atoms with van der Waals surface area (Å²) in [6, 6.07) is 4.92. The van der Waals surface area contributed by atoms with Crippen LogP contribution in [0.15, 0.2) is 22.7 Å². The van der Waals surface area contributed by atoms with E-state index in [1.165, 1.54) is 6.07 Å². The summed E-state index contributed by atoms with van der Waals surface area (Å²) in [5, 5.41) is 3.47. The minimum Gasteiger partial charge on any atom is -0.316 e. The molecule has 102 valence electrons. The van der Waals surface area contributed by atoms with Gasteiger partial charge in [-0.3, -0.25) is 0 Å². The molecule has 0 fully saturated rings. The van der Waals surface area contributed by atoms with E-state index in [-0.39, 0.29) is 11.2 Å². The van der Waals surface area contributed by atoms with Gasteiger partial charge in [0.05, 0.1) is 0 Å². The first-order valence-corrected chi connectivity index (χ1v) is 7.44. The molecule has 0 radical (unpaired) electrons. The van der Waals surface area contributed by atoms with Crippen LogP contribution in [0.2, 0.25) is 0 Å². The Balaban J connectivity index is 2.74. The Labute approximate surface area is 118 Å². The Morgan fingerprint density at radius 3 is 2.67 bits per heavy atom. The molecule has 1 nitrogen and oxygen atoms in total. The predicted molar refractivity (Wildman–Crippen MR) is 79.4 cm³/mol. The zero-order chi connectivity index (χ0) is 13.6. The van der Waals surface area contributed by atoms with Crippen molar-refractivity contribution in [2.24, 2.45) is 5.41 Å². The van der Waals surface area contributed by atoms with Gasteiger partial charge in [-0.05, 0) is 55.0 Å². The lowest BCUT2D eigenvalue weighted by Gasteiger charge is -2.29. The van der Waals surface area contributed by atoms with Crippen molar-refractivity contribution in [3.8, 4) is 0 Å². The Morgan fingerprint density at radius 1 is 1.33 bits per heavy atom. The molecule has 0 aliphatic rings. The van der Waals surface area contributed by atoms with Crippen LogP contribution in [0.5, 0.6) is 0 Å². The molecule has 1 N–H and O–H groups in total. The highest BCUT2D eigenvalue weighted by Crippen LogP contribution is 2.29. The van der Waals surface area contributed by atoms with Crippen molar-refractivity contribution < 1.29 is 4.39 Å². The lowest BCUT2D eigenvalue weighted by Crippen LogP contribution is -2.33. The fourth-order valence-electron chi connectivity index (χ4n) is 2.02. The van der Waals surface area contributed by atoms with Crippen LogP contribution in [0.4, 0.5) is 4.39 Å². The number of hydrogen-bond donors (Lipinski definition) is 1. The molecule has 1 aromatic rings. The third-order valence-corrected chi connectivity index (χ3v) is 4.23. The van der Waals surface area contributed by atoms with Gasteiger partial charge in [-0.1, -0.05) is 36.7 Å². The van der Waals surface area contributed by atoms with Gasteiger partial charge in [0.25, 0.3) is 0 Å². The van der Waals surface area contributed by atoms with Crippen LogP contribution >= 0.6 is 15.9 Å². The van der Waals surface area contributed by atoms with Crippen molar-refractivity contribution in [3.05, 3.63) is 34.1 Å². The summed E-state index contributed by atoms with van der Waals surface area (Å²) in [5.74, 6) is -0.159. The van der Waals surface area contributed by atoms with Crippen molar-refractivity contribution in [2.75, 3.05) is 13.1 Å². The van der Waals surface area contributed by atoms with Crippen LogP contribution in [0.1, 0.15) is 39.2 Å². The van der Waals surface area contributed by atoms with Crippen LogP contribution in [-0.2, 0) is 6.42 Å². The molecule has 0 heterocycles. The second-order valence-corrected chi connectivity index (χ2v) is 6.11. The molecule has 1 unspecified atom stereocenters. The summed E-state index contributed by atoms with van der Waals surface area (Å²) in [6.07, 6.45) is 3.11. The van der Waals surface area contributed by atoms with E-state index in [0.29, 0.717) is 0 Å². The SMILES string of the molecule is CCCNCC(C)(CC)Cc1cc(F)ccc1Br. The summed E-state index contributed by atoms with van der Waals surface area (Å²) < 4.78 is 14.3. The second-order valence-electron chi connectivity index (χ2n) is 5.25. The fraction of sp³-hybridized carbons (Fsp3) is 0.600. The zero-order valence-electron chi connectivity index (χ0n) is 11.5. The van der Waals surface area contributed by atoms with Crippen LogP contribution in [0.3, 0.4) is 0 Å². The monoisotopic (exact) mass is 315 g/mol. The zero-order valence-corrected chi connectivity index (χ0v) is 13.1. The molecule has 0 saturated carbocycles. The maximum atomic E-state index is 13.3. The van der Waals surface area contributed by atoms with Crippen molar-refractivity contribution in [1.29, 1.82) is 0 Å². The average molecular weight is 316 g/mol. The molecule has 0 saturated heterocycles. The fourth-order valence-corrected chi connectivity index (χ4v) is 2.40. The first kappa shape index (κ1) is 15.6. The highest BCUT2D eigenvalue weighted by atomic mass is 79.9. The van der Waals surface area contributed by atoms with Gasteiger partial charge in [-0.25, -0.2) is 4.39 Å². The van der Waals surface area contributed by atoms with E-state index in [1.54, 1.807) is 12.1 Å². The number of rotatable bonds is 7. The standard InChI is InChI=1S/C15H23BrFN/c1-4-8-18-11-15(3,5-2)10-12-9-13(17)6-7-14(12)16/h6-7,9,18H,4-5,8,10-11H2,1-3H3. The smallest absolute Gasteiger partial charge is 0.123 e. The Kier molecular flexibility index (Phi) is 6.30. The maximum Gasteiger partial charge on any atom is 0.123 e. The van der Waals surface area contributed by atoms with Crippen LogP contribution < -0.4 is 5.32 Å². The van der Waals surface area contributed by atoms with Gasteiger partial charge in [0.2, 0.25) is 0 Å². The number of halogens is 2. The molecule has 18 heavy (non-hydrogen) atoms. The van der Waals surface area contributed by atoms with E-state index in [9.17, 15) is 4.39 Å². The van der Waals surface area contributed by atoms with E-state index in [4.69, 9.17) is 0 Å². The second kappa shape index (κ2) is 7.25. The van der Waals surface area contributed by atoms with Crippen LogP contribution in [-0.4, -0.2) is 13.1 Å². The molecular formula is C15H23BrFN. The first-order valence-electron chi connectivity index (χ1n) is 6.65. The average Bonchev–Trinajstić information content (AvgIpc) is 2.34. The molecule has 0 aliphatic carbocycles. The van der Waals surface area contributed by atoms with Gasteiger partial charge < -0.3 is 5.32 Å². The van der Waals surface area contributed by atoms with Crippen molar-refractivity contribution in [1.82, 2.24) is 5.32 Å². The summed E-state index contributed by atoms with van der Waals surface area (Å²) >= 11 is 3.51. The van der Waals surface area contributed by atoms with Crippen molar-refractivity contribution in [2.45, 2.75) is 40.0 Å². The molecule has 0 amide bonds.